The lowest BCUT2D eigenvalue weighted by molar-refractivity contribution is -0.137. The molecular weight excluding hydrogens is 305 g/mol. The Morgan fingerprint density at radius 1 is 1.22 bits per heavy atom. The molecule has 0 aliphatic heterocycles. The van der Waals surface area contributed by atoms with Crippen LogP contribution in [-0.4, -0.2) is 12.0 Å². The molecule has 0 saturated heterocycles. The van der Waals surface area contributed by atoms with Gasteiger partial charge in [-0.15, -0.1) is 0 Å². The second kappa shape index (κ2) is 6.48. The van der Waals surface area contributed by atoms with E-state index in [0.717, 1.165) is 29.0 Å². The molecule has 2 aromatic rings. The number of rotatable bonds is 4. The number of aromatic amines is 1. The number of hydrogen-bond acceptors (Lipinski definition) is 2. The summed E-state index contributed by atoms with van der Waals surface area (Å²) in [5.41, 5.74) is 2.44. The number of pyridine rings is 1. The zero-order valence-electron chi connectivity index (χ0n) is 13.3. The third-order valence-electron chi connectivity index (χ3n) is 3.89. The monoisotopic (exact) mass is 324 g/mol. The van der Waals surface area contributed by atoms with Crippen LogP contribution >= 0.6 is 0 Å². The first-order valence-electron chi connectivity index (χ1n) is 7.36. The summed E-state index contributed by atoms with van der Waals surface area (Å²) < 4.78 is 38.6. The van der Waals surface area contributed by atoms with Crippen molar-refractivity contribution in [2.75, 3.05) is 12.4 Å². The van der Waals surface area contributed by atoms with Crippen molar-refractivity contribution in [2.45, 2.75) is 32.9 Å². The van der Waals surface area contributed by atoms with E-state index in [9.17, 15) is 18.0 Å². The Morgan fingerprint density at radius 2 is 1.91 bits per heavy atom. The molecule has 0 atom stereocenters. The van der Waals surface area contributed by atoms with E-state index in [2.05, 4.69) is 10.3 Å². The molecule has 0 unspecified atom stereocenters. The molecule has 0 aliphatic rings. The van der Waals surface area contributed by atoms with Crippen molar-refractivity contribution < 1.29 is 13.2 Å². The Kier molecular flexibility index (Phi) is 4.82. The standard InChI is InChI=1S/C17H19F3N2O/c1-4-13-10(2)22-16(23)15(21-3)14(13)9-11-6-5-7-12(8-11)17(18,19)20/h5-8,21H,4,9H2,1-3H3,(H,22,23). The van der Waals surface area contributed by atoms with Gasteiger partial charge in [0, 0.05) is 19.2 Å². The highest BCUT2D eigenvalue weighted by Gasteiger charge is 2.30. The van der Waals surface area contributed by atoms with E-state index in [-0.39, 0.29) is 12.0 Å². The molecule has 2 rings (SSSR count). The van der Waals surface area contributed by atoms with Gasteiger partial charge in [0.2, 0.25) is 0 Å². The predicted octanol–water partition coefficient (Wildman–Crippen LogP) is 3.90. The van der Waals surface area contributed by atoms with E-state index in [4.69, 9.17) is 0 Å². The van der Waals surface area contributed by atoms with Crippen LogP contribution in [0.1, 0.15) is 34.9 Å². The van der Waals surface area contributed by atoms with E-state index in [1.54, 1.807) is 20.0 Å². The molecule has 0 fully saturated rings. The van der Waals surface area contributed by atoms with Crippen LogP contribution in [0.5, 0.6) is 0 Å². The fraction of sp³-hybridized carbons (Fsp3) is 0.353. The number of benzene rings is 1. The van der Waals surface area contributed by atoms with Gasteiger partial charge < -0.3 is 10.3 Å². The molecule has 1 heterocycles. The molecule has 0 spiro atoms. The quantitative estimate of drug-likeness (QED) is 0.896. The van der Waals surface area contributed by atoms with Crippen molar-refractivity contribution in [3.05, 3.63) is 62.6 Å². The molecule has 1 aromatic carbocycles. The highest BCUT2D eigenvalue weighted by molar-refractivity contribution is 5.55. The Hall–Kier alpha value is -2.24. The first-order chi connectivity index (χ1) is 10.8. The lowest BCUT2D eigenvalue weighted by atomic mass is 9.95. The van der Waals surface area contributed by atoms with Crippen LogP contribution in [0, 0.1) is 6.92 Å². The minimum atomic E-state index is -4.38. The van der Waals surface area contributed by atoms with Gasteiger partial charge in [0.1, 0.15) is 5.69 Å². The summed E-state index contributed by atoms with van der Waals surface area (Å²) >= 11 is 0. The number of anilines is 1. The molecule has 124 valence electrons. The Balaban J connectivity index is 2.54. The van der Waals surface area contributed by atoms with Gasteiger partial charge in [-0.3, -0.25) is 4.79 Å². The van der Waals surface area contributed by atoms with Crippen LogP contribution in [-0.2, 0) is 19.0 Å². The Bertz CT molecular complexity index is 763. The predicted molar refractivity (Wildman–Crippen MR) is 85.0 cm³/mol. The van der Waals surface area contributed by atoms with Crippen LogP contribution in [0.3, 0.4) is 0 Å². The van der Waals surface area contributed by atoms with Gasteiger partial charge in [-0.05, 0) is 36.1 Å². The molecule has 0 radical (unpaired) electrons. The van der Waals surface area contributed by atoms with E-state index in [1.165, 1.54) is 6.07 Å². The van der Waals surface area contributed by atoms with Gasteiger partial charge in [0.15, 0.2) is 0 Å². The summed E-state index contributed by atoms with van der Waals surface area (Å²) in [4.78, 5) is 14.9. The maximum Gasteiger partial charge on any atom is 0.416 e. The second-order valence-corrected chi connectivity index (χ2v) is 5.39. The molecule has 0 bridgehead atoms. The molecule has 23 heavy (non-hydrogen) atoms. The van der Waals surface area contributed by atoms with Gasteiger partial charge in [0.25, 0.3) is 5.56 Å². The van der Waals surface area contributed by atoms with E-state index in [0.29, 0.717) is 17.7 Å². The number of H-pyrrole nitrogens is 1. The minimum absolute atomic E-state index is 0.260. The third-order valence-corrected chi connectivity index (χ3v) is 3.89. The largest absolute Gasteiger partial charge is 0.416 e. The summed E-state index contributed by atoms with van der Waals surface area (Å²) in [6.07, 6.45) is -3.42. The first-order valence-corrected chi connectivity index (χ1v) is 7.36. The van der Waals surface area contributed by atoms with E-state index in [1.807, 2.05) is 6.92 Å². The van der Waals surface area contributed by atoms with E-state index >= 15 is 0 Å². The summed E-state index contributed by atoms with van der Waals surface area (Å²) in [5, 5.41) is 2.86. The molecule has 0 aliphatic carbocycles. The lowest BCUT2D eigenvalue weighted by Crippen LogP contribution is -2.19. The third kappa shape index (κ3) is 3.57. The number of alkyl halides is 3. The molecule has 2 N–H and O–H groups in total. The fourth-order valence-electron chi connectivity index (χ4n) is 2.82. The second-order valence-electron chi connectivity index (χ2n) is 5.39. The number of hydrogen-bond donors (Lipinski definition) is 2. The van der Waals surface area contributed by atoms with Crippen molar-refractivity contribution >= 4 is 5.69 Å². The summed E-state index contributed by atoms with van der Waals surface area (Å²) in [6.45, 7) is 3.75. The smallest absolute Gasteiger partial charge is 0.383 e. The van der Waals surface area contributed by atoms with Crippen molar-refractivity contribution in [1.29, 1.82) is 0 Å². The molecule has 0 saturated carbocycles. The number of aryl methyl sites for hydroxylation is 1. The van der Waals surface area contributed by atoms with Crippen LogP contribution in [0.25, 0.3) is 0 Å². The normalized spacial score (nSPS) is 11.6. The van der Waals surface area contributed by atoms with Gasteiger partial charge in [-0.1, -0.05) is 25.1 Å². The summed E-state index contributed by atoms with van der Waals surface area (Å²) in [7, 11) is 1.63. The van der Waals surface area contributed by atoms with Crippen molar-refractivity contribution in [1.82, 2.24) is 4.98 Å². The fourth-order valence-corrected chi connectivity index (χ4v) is 2.82. The zero-order valence-corrected chi connectivity index (χ0v) is 13.3. The average molecular weight is 324 g/mol. The molecular formula is C17H19F3N2O. The van der Waals surface area contributed by atoms with E-state index < -0.39 is 11.7 Å². The number of halogens is 3. The van der Waals surface area contributed by atoms with Gasteiger partial charge >= 0.3 is 6.18 Å². The summed E-state index contributed by atoms with van der Waals surface area (Å²) in [6, 6.07) is 5.22. The van der Waals surface area contributed by atoms with Crippen LogP contribution in [0.15, 0.2) is 29.1 Å². The van der Waals surface area contributed by atoms with Gasteiger partial charge in [-0.2, -0.15) is 13.2 Å². The van der Waals surface area contributed by atoms with Crippen molar-refractivity contribution in [2.24, 2.45) is 0 Å². The molecule has 3 nitrogen and oxygen atoms in total. The maximum atomic E-state index is 12.9. The van der Waals surface area contributed by atoms with Crippen LogP contribution < -0.4 is 10.9 Å². The van der Waals surface area contributed by atoms with Crippen LogP contribution in [0.2, 0.25) is 0 Å². The zero-order chi connectivity index (χ0) is 17.2. The van der Waals surface area contributed by atoms with Gasteiger partial charge in [0.05, 0.1) is 5.56 Å². The maximum absolute atomic E-state index is 12.9. The molecule has 6 heteroatoms. The topological polar surface area (TPSA) is 44.9 Å². The van der Waals surface area contributed by atoms with Crippen molar-refractivity contribution in [3.8, 4) is 0 Å². The molecule has 1 aromatic heterocycles. The average Bonchev–Trinajstić information content (AvgIpc) is 2.47. The Morgan fingerprint density at radius 3 is 2.48 bits per heavy atom. The Labute approximate surface area is 132 Å². The molecule has 0 amide bonds. The minimum Gasteiger partial charge on any atom is -0.383 e. The summed E-state index contributed by atoms with van der Waals surface area (Å²) in [5.74, 6) is 0. The van der Waals surface area contributed by atoms with Crippen LogP contribution in [0.4, 0.5) is 18.9 Å². The van der Waals surface area contributed by atoms with Crippen molar-refractivity contribution in [3.63, 3.8) is 0 Å². The first kappa shape index (κ1) is 17.1. The lowest BCUT2D eigenvalue weighted by Gasteiger charge is -2.16. The highest BCUT2D eigenvalue weighted by atomic mass is 19.4. The number of nitrogens with one attached hydrogen (secondary N) is 2. The SMILES string of the molecule is CCc1c(C)[nH]c(=O)c(NC)c1Cc1cccc(C(F)(F)F)c1. The van der Waals surface area contributed by atoms with Gasteiger partial charge in [-0.25, -0.2) is 0 Å². The highest BCUT2D eigenvalue weighted by Crippen LogP contribution is 2.31. The number of aromatic nitrogens is 1.